The molecule has 82 valence electrons. The van der Waals surface area contributed by atoms with Crippen molar-refractivity contribution in [2.75, 3.05) is 5.73 Å². The van der Waals surface area contributed by atoms with Crippen molar-refractivity contribution < 1.29 is 9.90 Å². The first-order valence-corrected chi connectivity index (χ1v) is 4.78. The van der Waals surface area contributed by atoms with Crippen molar-refractivity contribution in [3.8, 4) is 5.69 Å². The lowest BCUT2D eigenvalue weighted by Gasteiger charge is -2.03. The molecule has 0 atom stereocenters. The predicted octanol–water partition coefficient (Wildman–Crippen LogP) is 1.08. The first-order valence-electron chi connectivity index (χ1n) is 4.78. The number of benzene rings is 1. The monoisotopic (exact) mass is 217 g/mol. The molecule has 0 aliphatic heterocycles. The number of anilines is 1. The van der Waals surface area contributed by atoms with E-state index in [1.807, 2.05) is 30.3 Å². The molecule has 0 spiro atoms. The van der Waals surface area contributed by atoms with Gasteiger partial charge in [-0.15, -0.1) is 0 Å². The van der Waals surface area contributed by atoms with E-state index >= 15 is 0 Å². The molecule has 5 heteroatoms. The maximum absolute atomic E-state index is 10.6. The fraction of sp³-hybridized carbons (Fsp3) is 0.0909. The molecule has 0 saturated carbocycles. The van der Waals surface area contributed by atoms with Gasteiger partial charge in [-0.25, -0.2) is 4.68 Å². The van der Waals surface area contributed by atoms with Gasteiger partial charge in [0.25, 0.3) is 0 Å². The number of carboxylic acid groups (broad SMARTS) is 1. The van der Waals surface area contributed by atoms with Crippen LogP contribution in [-0.4, -0.2) is 20.9 Å². The van der Waals surface area contributed by atoms with Crippen molar-refractivity contribution in [3.63, 3.8) is 0 Å². The number of carbonyl (C=O) groups is 1. The number of nitrogen functional groups attached to an aromatic ring is 1. The van der Waals surface area contributed by atoms with Crippen LogP contribution in [0.2, 0.25) is 0 Å². The van der Waals surface area contributed by atoms with Gasteiger partial charge in [-0.1, -0.05) is 18.2 Å². The predicted molar refractivity (Wildman–Crippen MR) is 59.3 cm³/mol. The number of para-hydroxylation sites is 1. The molecule has 3 N–H and O–H groups in total. The summed E-state index contributed by atoms with van der Waals surface area (Å²) in [7, 11) is 0. The molecule has 1 aromatic heterocycles. The van der Waals surface area contributed by atoms with Crippen LogP contribution < -0.4 is 5.73 Å². The van der Waals surface area contributed by atoms with Crippen LogP contribution >= 0.6 is 0 Å². The minimum atomic E-state index is -0.917. The fourth-order valence-electron chi connectivity index (χ4n) is 1.47. The number of aliphatic carboxylic acids is 1. The molecule has 2 rings (SSSR count). The van der Waals surface area contributed by atoms with Crippen molar-refractivity contribution >= 4 is 11.8 Å². The SMILES string of the molecule is Nc1c(CC(=O)O)cnn1-c1ccccc1. The van der Waals surface area contributed by atoms with Gasteiger partial charge in [0.1, 0.15) is 5.82 Å². The van der Waals surface area contributed by atoms with Crippen molar-refractivity contribution in [1.29, 1.82) is 0 Å². The van der Waals surface area contributed by atoms with E-state index in [2.05, 4.69) is 5.10 Å². The Hall–Kier alpha value is -2.30. The van der Waals surface area contributed by atoms with E-state index < -0.39 is 5.97 Å². The highest BCUT2D eigenvalue weighted by atomic mass is 16.4. The van der Waals surface area contributed by atoms with Crippen LogP contribution in [0.25, 0.3) is 5.69 Å². The van der Waals surface area contributed by atoms with Crippen LogP contribution in [-0.2, 0) is 11.2 Å². The number of hydrogen-bond acceptors (Lipinski definition) is 3. The normalized spacial score (nSPS) is 10.2. The molecular weight excluding hydrogens is 206 g/mol. The summed E-state index contributed by atoms with van der Waals surface area (Å²) >= 11 is 0. The van der Waals surface area contributed by atoms with Crippen molar-refractivity contribution in [3.05, 3.63) is 42.1 Å². The highest BCUT2D eigenvalue weighted by Gasteiger charge is 2.11. The summed E-state index contributed by atoms with van der Waals surface area (Å²) in [6, 6.07) is 9.34. The molecule has 0 bridgehead atoms. The van der Waals surface area contributed by atoms with Crippen LogP contribution in [0.1, 0.15) is 5.56 Å². The van der Waals surface area contributed by atoms with Gasteiger partial charge in [-0.05, 0) is 12.1 Å². The third-order valence-electron chi connectivity index (χ3n) is 2.23. The van der Waals surface area contributed by atoms with Crippen molar-refractivity contribution in [2.24, 2.45) is 0 Å². The van der Waals surface area contributed by atoms with Gasteiger partial charge in [0.15, 0.2) is 0 Å². The molecule has 1 aromatic carbocycles. The Balaban J connectivity index is 2.37. The zero-order valence-corrected chi connectivity index (χ0v) is 8.50. The second-order valence-electron chi connectivity index (χ2n) is 3.37. The second kappa shape index (κ2) is 4.06. The number of rotatable bonds is 3. The van der Waals surface area contributed by atoms with Gasteiger partial charge in [0.05, 0.1) is 18.3 Å². The number of aromatic nitrogens is 2. The molecular formula is C11H11N3O2. The number of nitrogens with zero attached hydrogens (tertiary/aromatic N) is 2. The van der Waals surface area contributed by atoms with E-state index in [1.165, 1.54) is 10.9 Å². The molecule has 2 aromatic rings. The molecule has 0 amide bonds. The standard InChI is InChI=1S/C11H11N3O2/c12-11-8(6-10(15)16)7-13-14(11)9-4-2-1-3-5-9/h1-5,7H,6,12H2,(H,15,16). The van der Waals surface area contributed by atoms with Gasteiger partial charge in [0.2, 0.25) is 0 Å². The third kappa shape index (κ3) is 1.88. The number of carboxylic acids is 1. The Morgan fingerprint density at radius 1 is 1.38 bits per heavy atom. The third-order valence-corrected chi connectivity index (χ3v) is 2.23. The molecule has 0 saturated heterocycles. The topological polar surface area (TPSA) is 81.1 Å². The Morgan fingerprint density at radius 3 is 2.69 bits per heavy atom. The molecule has 0 fully saturated rings. The number of nitrogens with two attached hydrogens (primary N) is 1. The average Bonchev–Trinajstić information content (AvgIpc) is 2.61. The van der Waals surface area contributed by atoms with E-state index in [1.54, 1.807) is 0 Å². The van der Waals surface area contributed by atoms with Crippen molar-refractivity contribution in [2.45, 2.75) is 6.42 Å². The Morgan fingerprint density at radius 2 is 2.06 bits per heavy atom. The fourth-order valence-corrected chi connectivity index (χ4v) is 1.47. The summed E-state index contributed by atoms with van der Waals surface area (Å²) in [6.45, 7) is 0. The Kier molecular flexibility index (Phi) is 2.59. The first-order chi connectivity index (χ1) is 7.68. The molecule has 0 aliphatic rings. The van der Waals surface area contributed by atoms with Crippen LogP contribution in [0.15, 0.2) is 36.5 Å². The quantitative estimate of drug-likeness (QED) is 0.806. The second-order valence-corrected chi connectivity index (χ2v) is 3.37. The molecule has 5 nitrogen and oxygen atoms in total. The van der Waals surface area contributed by atoms with Crippen LogP contribution in [0, 0.1) is 0 Å². The van der Waals surface area contributed by atoms with Crippen LogP contribution in [0.5, 0.6) is 0 Å². The summed E-state index contributed by atoms with van der Waals surface area (Å²) in [5, 5.41) is 12.7. The summed E-state index contributed by atoms with van der Waals surface area (Å²) in [6.07, 6.45) is 1.37. The summed E-state index contributed by atoms with van der Waals surface area (Å²) in [5.41, 5.74) is 7.16. The van der Waals surface area contributed by atoms with Gasteiger partial charge < -0.3 is 10.8 Å². The van der Waals surface area contributed by atoms with Gasteiger partial charge in [-0.2, -0.15) is 5.10 Å². The lowest BCUT2D eigenvalue weighted by molar-refractivity contribution is -0.136. The zero-order chi connectivity index (χ0) is 11.5. The Bertz CT molecular complexity index is 505. The van der Waals surface area contributed by atoms with E-state index in [0.717, 1.165) is 5.69 Å². The average molecular weight is 217 g/mol. The largest absolute Gasteiger partial charge is 0.481 e. The van der Waals surface area contributed by atoms with E-state index in [0.29, 0.717) is 11.4 Å². The smallest absolute Gasteiger partial charge is 0.308 e. The Labute approximate surface area is 92.1 Å². The lowest BCUT2D eigenvalue weighted by atomic mass is 10.2. The highest BCUT2D eigenvalue weighted by molar-refractivity contribution is 5.72. The van der Waals surface area contributed by atoms with E-state index in [9.17, 15) is 4.79 Å². The minimum Gasteiger partial charge on any atom is -0.481 e. The van der Waals surface area contributed by atoms with Crippen LogP contribution in [0.4, 0.5) is 5.82 Å². The molecule has 0 unspecified atom stereocenters. The van der Waals surface area contributed by atoms with Gasteiger partial charge >= 0.3 is 5.97 Å². The van der Waals surface area contributed by atoms with Crippen LogP contribution in [0.3, 0.4) is 0 Å². The van der Waals surface area contributed by atoms with Gasteiger partial charge in [0, 0.05) is 5.56 Å². The minimum absolute atomic E-state index is 0.112. The molecule has 1 heterocycles. The van der Waals surface area contributed by atoms with Gasteiger partial charge in [-0.3, -0.25) is 4.79 Å². The zero-order valence-electron chi connectivity index (χ0n) is 8.50. The summed E-state index contributed by atoms with van der Waals surface area (Å²) in [5.74, 6) is -0.548. The first kappa shape index (κ1) is 10.2. The molecule has 0 radical (unpaired) electrons. The van der Waals surface area contributed by atoms with E-state index in [4.69, 9.17) is 10.8 Å². The number of hydrogen-bond donors (Lipinski definition) is 2. The maximum Gasteiger partial charge on any atom is 0.308 e. The van der Waals surface area contributed by atoms with Crippen molar-refractivity contribution in [1.82, 2.24) is 9.78 Å². The summed E-state index contributed by atoms with van der Waals surface area (Å²) in [4.78, 5) is 10.6. The lowest BCUT2D eigenvalue weighted by Crippen LogP contribution is -2.05. The molecule has 16 heavy (non-hydrogen) atoms. The maximum atomic E-state index is 10.6. The molecule has 0 aliphatic carbocycles. The summed E-state index contributed by atoms with van der Waals surface area (Å²) < 4.78 is 1.53. The highest BCUT2D eigenvalue weighted by Crippen LogP contribution is 2.16. The van der Waals surface area contributed by atoms with E-state index in [-0.39, 0.29) is 6.42 Å².